The van der Waals surface area contributed by atoms with Crippen LogP contribution >= 0.6 is 11.6 Å². The first kappa shape index (κ1) is 12.4. The molecule has 0 atom stereocenters. The number of aryl methyl sites for hydroxylation is 1. The number of benzene rings is 1. The minimum absolute atomic E-state index is 0.397. The van der Waals surface area contributed by atoms with Crippen molar-refractivity contribution in [2.45, 2.75) is 0 Å². The van der Waals surface area contributed by atoms with E-state index >= 15 is 0 Å². The van der Waals surface area contributed by atoms with Crippen molar-refractivity contribution in [3.8, 4) is 0 Å². The minimum atomic E-state index is -1.08. The van der Waals surface area contributed by atoms with Crippen molar-refractivity contribution in [2.24, 2.45) is 7.05 Å². The molecule has 5 nitrogen and oxygen atoms in total. The number of carboxylic acid groups (broad SMARTS) is 1. The van der Waals surface area contributed by atoms with E-state index in [4.69, 9.17) is 16.7 Å². The molecular formula is C12H11ClN2O3. The van der Waals surface area contributed by atoms with Gasteiger partial charge in [0, 0.05) is 23.0 Å². The number of nitrogens with one attached hydrogen (secondary N) is 1. The number of hydrogen-bond acceptors (Lipinski definition) is 2. The third-order valence-electron chi connectivity index (χ3n) is 2.64. The van der Waals surface area contributed by atoms with Crippen LogP contribution in [0.25, 0.3) is 10.9 Å². The average molecular weight is 267 g/mol. The Morgan fingerprint density at radius 2 is 2.11 bits per heavy atom. The van der Waals surface area contributed by atoms with Gasteiger partial charge in [-0.2, -0.15) is 0 Å². The van der Waals surface area contributed by atoms with Crippen molar-refractivity contribution in [1.29, 1.82) is 0 Å². The normalized spacial score (nSPS) is 10.6. The van der Waals surface area contributed by atoms with Gasteiger partial charge in [-0.05, 0) is 18.2 Å². The highest BCUT2D eigenvalue weighted by atomic mass is 35.5. The molecule has 0 aliphatic heterocycles. The molecule has 1 aromatic heterocycles. The van der Waals surface area contributed by atoms with Crippen molar-refractivity contribution in [2.75, 3.05) is 6.54 Å². The fourth-order valence-electron chi connectivity index (χ4n) is 1.77. The molecule has 0 saturated heterocycles. The number of hydrogen-bond donors (Lipinski definition) is 2. The molecule has 2 aromatic rings. The van der Waals surface area contributed by atoms with Gasteiger partial charge in [-0.25, -0.2) is 0 Å². The Bertz CT molecular complexity index is 634. The highest BCUT2D eigenvalue weighted by Gasteiger charge is 2.13. The van der Waals surface area contributed by atoms with Gasteiger partial charge in [-0.15, -0.1) is 0 Å². The van der Waals surface area contributed by atoms with Gasteiger partial charge in [0.1, 0.15) is 12.2 Å². The maximum absolute atomic E-state index is 11.8. The van der Waals surface area contributed by atoms with Gasteiger partial charge in [0.05, 0.1) is 0 Å². The first-order valence-electron chi connectivity index (χ1n) is 5.24. The lowest BCUT2D eigenvalue weighted by Crippen LogP contribution is -2.30. The number of halogens is 1. The fraction of sp³-hybridized carbons (Fsp3) is 0.167. The number of fused-ring (bicyclic) bond motifs is 1. The van der Waals surface area contributed by atoms with E-state index in [0.717, 1.165) is 10.9 Å². The molecule has 2 rings (SSSR count). The Labute approximate surface area is 108 Å². The van der Waals surface area contributed by atoms with Crippen LogP contribution in [0.1, 0.15) is 10.5 Å². The quantitative estimate of drug-likeness (QED) is 0.887. The molecule has 1 aromatic carbocycles. The fourth-order valence-corrected chi connectivity index (χ4v) is 1.93. The summed E-state index contributed by atoms with van der Waals surface area (Å²) in [6.45, 7) is -0.402. The number of carbonyl (C=O) groups excluding carboxylic acids is 1. The maximum Gasteiger partial charge on any atom is 0.322 e. The number of amides is 1. The molecule has 18 heavy (non-hydrogen) atoms. The van der Waals surface area contributed by atoms with Crippen LogP contribution in [0.5, 0.6) is 0 Å². The smallest absolute Gasteiger partial charge is 0.322 e. The number of carboxylic acids is 1. The Balaban J connectivity index is 2.36. The standard InChI is InChI=1S/C12H11ClN2O3/c1-15-9-5-8(13)3-2-7(9)4-10(15)12(18)14-6-11(16)17/h2-5H,6H2,1H3,(H,14,18)(H,16,17). The minimum Gasteiger partial charge on any atom is -0.480 e. The van der Waals surface area contributed by atoms with Gasteiger partial charge in [0.15, 0.2) is 0 Å². The van der Waals surface area contributed by atoms with Gasteiger partial charge in [-0.1, -0.05) is 17.7 Å². The number of aliphatic carboxylic acids is 1. The van der Waals surface area contributed by atoms with Crippen LogP contribution in [0.15, 0.2) is 24.3 Å². The van der Waals surface area contributed by atoms with E-state index in [9.17, 15) is 9.59 Å². The molecule has 0 bridgehead atoms. The molecule has 0 fully saturated rings. The summed E-state index contributed by atoms with van der Waals surface area (Å²) in [7, 11) is 1.73. The monoisotopic (exact) mass is 266 g/mol. The second kappa shape index (κ2) is 4.70. The summed E-state index contributed by atoms with van der Waals surface area (Å²) < 4.78 is 1.68. The molecule has 0 aliphatic carbocycles. The molecule has 0 saturated carbocycles. The van der Waals surface area contributed by atoms with Crippen LogP contribution in [0.2, 0.25) is 5.02 Å². The summed E-state index contributed by atoms with van der Waals surface area (Å²) in [5.74, 6) is -1.50. The largest absolute Gasteiger partial charge is 0.480 e. The average Bonchev–Trinajstić information content (AvgIpc) is 2.64. The van der Waals surface area contributed by atoms with E-state index in [0.29, 0.717) is 10.7 Å². The highest BCUT2D eigenvalue weighted by Crippen LogP contribution is 2.22. The Hall–Kier alpha value is -2.01. The van der Waals surface area contributed by atoms with Crippen molar-refractivity contribution >= 4 is 34.4 Å². The summed E-state index contributed by atoms with van der Waals surface area (Å²) in [5, 5.41) is 12.3. The Kier molecular flexibility index (Phi) is 3.25. The maximum atomic E-state index is 11.8. The molecular weight excluding hydrogens is 256 g/mol. The first-order chi connectivity index (χ1) is 8.49. The lowest BCUT2D eigenvalue weighted by molar-refractivity contribution is -0.135. The zero-order chi connectivity index (χ0) is 13.3. The van der Waals surface area contributed by atoms with E-state index in [-0.39, 0.29) is 0 Å². The second-order valence-electron chi connectivity index (χ2n) is 3.87. The molecule has 0 radical (unpaired) electrons. The summed E-state index contributed by atoms with van der Waals surface area (Å²) in [4.78, 5) is 22.2. The number of nitrogens with zero attached hydrogens (tertiary/aromatic N) is 1. The molecule has 0 spiro atoms. The third-order valence-corrected chi connectivity index (χ3v) is 2.88. The number of carbonyl (C=O) groups is 2. The van der Waals surface area contributed by atoms with Crippen LogP contribution < -0.4 is 5.32 Å². The lowest BCUT2D eigenvalue weighted by Gasteiger charge is -2.04. The Morgan fingerprint density at radius 3 is 2.78 bits per heavy atom. The zero-order valence-corrected chi connectivity index (χ0v) is 10.4. The molecule has 6 heteroatoms. The van der Waals surface area contributed by atoms with Gasteiger partial charge >= 0.3 is 5.97 Å². The van der Waals surface area contributed by atoms with Gasteiger partial charge in [-0.3, -0.25) is 9.59 Å². The lowest BCUT2D eigenvalue weighted by atomic mass is 10.2. The molecule has 1 amide bonds. The summed E-state index contributed by atoms with van der Waals surface area (Å²) in [5.41, 5.74) is 1.22. The van der Waals surface area contributed by atoms with Crippen LogP contribution in [-0.2, 0) is 11.8 Å². The highest BCUT2D eigenvalue weighted by molar-refractivity contribution is 6.31. The number of rotatable bonds is 3. The van der Waals surface area contributed by atoms with E-state index in [1.54, 1.807) is 29.8 Å². The predicted molar refractivity (Wildman–Crippen MR) is 67.9 cm³/mol. The predicted octanol–water partition coefficient (Wildman–Crippen LogP) is 1.65. The summed E-state index contributed by atoms with van der Waals surface area (Å²) in [6.07, 6.45) is 0. The van der Waals surface area contributed by atoms with Gasteiger partial charge in [0.25, 0.3) is 5.91 Å². The Morgan fingerprint density at radius 1 is 1.39 bits per heavy atom. The van der Waals surface area contributed by atoms with Crippen molar-refractivity contribution in [3.05, 3.63) is 35.0 Å². The third kappa shape index (κ3) is 2.31. The van der Waals surface area contributed by atoms with Gasteiger partial charge in [0.2, 0.25) is 0 Å². The SMILES string of the molecule is Cn1c(C(=O)NCC(=O)O)cc2ccc(Cl)cc21. The van der Waals surface area contributed by atoms with E-state index in [1.807, 2.05) is 6.07 Å². The van der Waals surface area contributed by atoms with E-state index in [1.165, 1.54) is 0 Å². The molecule has 94 valence electrons. The summed E-state index contributed by atoms with van der Waals surface area (Å²) >= 11 is 5.89. The zero-order valence-electron chi connectivity index (χ0n) is 9.61. The summed E-state index contributed by atoms with van der Waals surface area (Å²) in [6, 6.07) is 7.00. The van der Waals surface area contributed by atoms with Crippen LogP contribution in [0.4, 0.5) is 0 Å². The van der Waals surface area contributed by atoms with Crippen LogP contribution in [0.3, 0.4) is 0 Å². The first-order valence-corrected chi connectivity index (χ1v) is 5.62. The molecule has 0 unspecified atom stereocenters. The molecule has 0 aliphatic rings. The van der Waals surface area contributed by atoms with E-state index in [2.05, 4.69) is 5.32 Å². The van der Waals surface area contributed by atoms with Crippen LogP contribution in [0, 0.1) is 0 Å². The van der Waals surface area contributed by atoms with Gasteiger partial charge < -0.3 is 15.0 Å². The topological polar surface area (TPSA) is 71.3 Å². The van der Waals surface area contributed by atoms with Crippen molar-refractivity contribution in [1.82, 2.24) is 9.88 Å². The van der Waals surface area contributed by atoms with Crippen molar-refractivity contribution in [3.63, 3.8) is 0 Å². The van der Waals surface area contributed by atoms with Crippen molar-refractivity contribution < 1.29 is 14.7 Å². The molecule has 2 N–H and O–H groups in total. The van der Waals surface area contributed by atoms with Crippen LogP contribution in [-0.4, -0.2) is 28.1 Å². The second-order valence-corrected chi connectivity index (χ2v) is 4.30. The van der Waals surface area contributed by atoms with E-state index < -0.39 is 18.4 Å². The number of aromatic nitrogens is 1. The molecule has 1 heterocycles.